The zero-order valence-corrected chi connectivity index (χ0v) is 10.8. The highest BCUT2D eigenvalue weighted by molar-refractivity contribution is 5.97. The third-order valence-corrected chi connectivity index (χ3v) is 1.48. The molecule has 0 atom stereocenters. The number of hydrogen-bond donors (Lipinski definition) is 1. The molecule has 0 bridgehead atoms. The van der Waals surface area contributed by atoms with Crippen molar-refractivity contribution in [2.24, 2.45) is 5.73 Å². The molecule has 0 saturated carbocycles. The summed E-state index contributed by atoms with van der Waals surface area (Å²) in [6, 6.07) is 5.89. The number of benzene rings is 1. The van der Waals surface area contributed by atoms with Crippen molar-refractivity contribution in [2.45, 2.75) is 27.7 Å². The number of nitro groups is 1. The van der Waals surface area contributed by atoms with Crippen LogP contribution in [0.3, 0.4) is 0 Å². The maximum absolute atomic E-state index is 10.9. The van der Waals surface area contributed by atoms with E-state index in [0.717, 1.165) is 6.54 Å². The van der Waals surface area contributed by atoms with Crippen molar-refractivity contribution >= 4 is 11.5 Å². The van der Waals surface area contributed by atoms with Crippen molar-refractivity contribution in [1.29, 1.82) is 0 Å². The first kappa shape index (κ1) is 17.6. The normalized spacial score (nSPS) is 8.06. The third-order valence-electron chi connectivity index (χ3n) is 1.48. The average Bonchev–Trinajstić information content (AvgIpc) is 2.32. The number of carbonyl (C=O) groups is 1. The lowest BCUT2D eigenvalue weighted by Gasteiger charge is -1.95. The lowest BCUT2D eigenvalue weighted by atomic mass is 10.1. The van der Waals surface area contributed by atoms with Crippen LogP contribution >= 0.6 is 0 Å². The van der Waals surface area contributed by atoms with E-state index in [1.54, 1.807) is 6.07 Å². The van der Waals surface area contributed by atoms with E-state index in [1.807, 2.05) is 20.8 Å². The maximum Gasteiger partial charge on any atom is 0.280 e. The Morgan fingerprint density at radius 3 is 2.06 bits per heavy atom. The number of Topliss-reactive ketones (excluding diaryl/α,β-unsaturated/α-hetero) is 1. The molecule has 0 amide bonds. The third kappa shape index (κ3) is 7.19. The van der Waals surface area contributed by atoms with Gasteiger partial charge in [0, 0.05) is 6.07 Å². The van der Waals surface area contributed by atoms with E-state index < -0.39 is 4.92 Å². The van der Waals surface area contributed by atoms with E-state index in [2.05, 4.69) is 0 Å². The van der Waals surface area contributed by atoms with Crippen LogP contribution in [0.5, 0.6) is 0 Å². The quantitative estimate of drug-likeness (QED) is 0.489. The topological polar surface area (TPSA) is 86.2 Å². The molecule has 0 saturated heterocycles. The first-order valence-corrected chi connectivity index (χ1v) is 5.49. The molecule has 0 radical (unpaired) electrons. The second kappa shape index (κ2) is 10.8. The van der Waals surface area contributed by atoms with E-state index in [-0.39, 0.29) is 17.0 Å². The molecule has 0 aliphatic heterocycles. The summed E-state index contributed by atoms with van der Waals surface area (Å²) in [5.41, 5.74) is 4.87. The minimum absolute atomic E-state index is 0.134. The van der Waals surface area contributed by atoms with Crippen LogP contribution in [-0.2, 0) is 0 Å². The summed E-state index contributed by atoms with van der Waals surface area (Å²) < 4.78 is 0. The summed E-state index contributed by atoms with van der Waals surface area (Å²) in [5, 5.41) is 10.4. The zero-order valence-electron chi connectivity index (χ0n) is 10.8. The molecule has 2 N–H and O–H groups in total. The predicted octanol–water partition coefficient (Wildman–Crippen LogP) is 2.79. The molecule has 1 aromatic carbocycles. The van der Waals surface area contributed by atoms with E-state index in [9.17, 15) is 14.9 Å². The summed E-state index contributed by atoms with van der Waals surface area (Å²) in [6.07, 6.45) is 0. The van der Waals surface area contributed by atoms with Crippen LogP contribution in [0, 0.1) is 10.1 Å². The van der Waals surface area contributed by atoms with Gasteiger partial charge in [-0.1, -0.05) is 32.9 Å². The smallest absolute Gasteiger partial charge is 0.280 e. The van der Waals surface area contributed by atoms with Crippen LogP contribution in [0.4, 0.5) is 5.69 Å². The molecule has 0 fully saturated rings. The standard InChI is InChI=1S/C8H7NO3.C2H7N.C2H6/c1-6(10)7-4-2-3-5-8(7)9(11)12;1-2-3;1-2/h2-5H,1H3;2-3H2,1H3;1-2H3. The van der Waals surface area contributed by atoms with Gasteiger partial charge in [0.1, 0.15) is 0 Å². The first-order chi connectivity index (χ1) is 8.04. The van der Waals surface area contributed by atoms with Crippen LogP contribution in [0.1, 0.15) is 38.1 Å². The van der Waals surface area contributed by atoms with Crippen molar-refractivity contribution < 1.29 is 9.72 Å². The number of para-hydroxylation sites is 1. The molecular formula is C12H20N2O3. The lowest BCUT2D eigenvalue weighted by Crippen LogP contribution is -1.98. The van der Waals surface area contributed by atoms with Crippen LogP contribution in [0.15, 0.2) is 24.3 Å². The fourth-order valence-corrected chi connectivity index (χ4v) is 0.931. The minimum atomic E-state index is -0.559. The largest absolute Gasteiger partial charge is 0.331 e. The summed E-state index contributed by atoms with van der Waals surface area (Å²) in [5.74, 6) is -0.290. The van der Waals surface area contributed by atoms with Gasteiger partial charge in [0.15, 0.2) is 5.78 Å². The highest BCUT2D eigenvalue weighted by atomic mass is 16.6. The fourth-order valence-electron chi connectivity index (χ4n) is 0.931. The van der Waals surface area contributed by atoms with Gasteiger partial charge >= 0.3 is 0 Å². The number of carbonyl (C=O) groups excluding carboxylic acids is 1. The average molecular weight is 240 g/mol. The van der Waals surface area contributed by atoms with Crippen molar-refractivity contribution in [1.82, 2.24) is 0 Å². The highest BCUT2D eigenvalue weighted by Crippen LogP contribution is 2.17. The first-order valence-electron chi connectivity index (χ1n) is 5.49. The Morgan fingerprint density at radius 1 is 1.35 bits per heavy atom. The van der Waals surface area contributed by atoms with Gasteiger partial charge < -0.3 is 5.73 Å². The Kier molecular flexibility index (Phi) is 11.2. The van der Waals surface area contributed by atoms with Gasteiger partial charge in [0.05, 0.1) is 10.5 Å². The second-order valence-corrected chi connectivity index (χ2v) is 2.74. The highest BCUT2D eigenvalue weighted by Gasteiger charge is 2.14. The molecule has 0 aliphatic rings. The van der Waals surface area contributed by atoms with Crippen LogP contribution in [0.2, 0.25) is 0 Å². The van der Waals surface area contributed by atoms with Gasteiger partial charge in [-0.2, -0.15) is 0 Å². The maximum atomic E-state index is 10.9. The molecule has 0 aromatic heterocycles. The summed E-state index contributed by atoms with van der Waals surface area (Å²) in [4.78, 5) is 20.7. The Hall–Kier alpha value is -1.75. The molecule has 0 unspecified atom stereocenters. The van der Waals surface area contributed by atoms with Gasteiger partial charge in [-0.25, -0.2) is 0 Å². The number of nitrogens with two attached hydrogens (primary N) is 1. The van der Waals surface area contributed by atoms with Crippen LogP contribution in [0.25, 0.3) is 0 Å². The number of rotatable bonds is 2. The summed E-state index contributed by atoms with van der Waals surface area (Å²) >= 11 is 0. The molecular weight excluding hydrogens is 220 g/mol. The molecule has 0 aliphatic carbocycles. The van der Waals surface area contributed by atoms with Crippen molar-refractivity contribution in [3.63, 3.8) is 0 Å². The molecule has 0 spiro atoms. The van der Waals surface area contributed by atoms with Crippen molar-refractivity contribution in [3.8, 4) is 0 Å². The molecule has 96 valence electrons. The second-order valence-electron chi connectivity index (χ2n) is 2.74. The zero-order chi connectivity index (χ0) is 13.8. The number of ketones is 1. The Morgan fingerprint density at radius 2 is 1.76 bits per heavy atom. The molecule has 0 heterocycles. The van der Waals surface area contributed by atoms with Gasteiger partial charge in [0.25, 0.3) is 5.69 Å². The Bertz CT molecular complexity index is 318. The van der Waals surface area contributed by atoms with Crippen LogP contribution in [-0.4, -0.2) is 17.3 Å². The summed E-state index contributed by atoms with van der Waals surface area (Å²) in [6.45, 7) is 7.96. The Balaban J connectivity index is 0. The van der Waals surface area contributed by atoms with Gasteiger partial charge in [0.2, 0.25) is 0 Å². The molecule has 1 aromatic rings. The molecule has 1 rings (SSSR count). The monoisotopic (exact) mass is 240 g/mol. The van der Waals surface area contributed by atoms with Gasteiger partial charge in [-0.05, 0) is 19.5 Å². The number of nitrogens with zero attached hydrogens (tertiary/aromatic N) is 1. The predicted molar refractivity (Wildman–Crippen MR) is 69.2 cm³/mol. The van der Waals surface area contributed by atoms with E-state index in [4.69, 9.17) is 5.73 Å². The van der Waals surface area contributed by atoms with Gasteiger partial charge in [-0.3, -0.25) is 14.9 Å². The fraction of sp³-hybridized carbons (Fsp3) is 0.417. The molecule has 5 nitrogen and oxygen atoms in total. The van der Waals surface area contributed by atoms with E-state index >= 15 is 0 Å². The molecule has 17 heavy (non-hydrogen) atoms. The van der Waals surface area contributed by atoms with Crippen LogP contribution < -0.4 is 5.73 Å². The number of hydrogen-bond acceptors (Lipinski definition) is 4. The van der Waals surface area contributed by atoms with Crippen molar-refractivity contribution in [3.05, 3.63) is 39.9 Å². The van der Waals surface area contributed by atoms with E-state index in [0.29, 0.717) is 0 Å². The lowest BCUT2D eigenvalue weighted by molar-refractivity contribution is -0.385. The summed E-state index contributed by atoms with van der Waals surface area (Å²) in [7, 11) is 0. The van der Waals surface area contributed by atoms with Gasteiger partial charge in [-0.15, -0.1) is 0 Å². The number of nitro benzene ring substituents is 1. The van der Waals surface area contributed by atoms with E-state index in [1.165, 1.54) is 25.1 Å². The SMILES string of the molecule is CC.CC(=O)c1ccccc1[N+](=O)[O-].CCN. The minimum Gasteiger partial charge on any atom is -0.331 e. The molecule has 5 heteroatoms. The van der Waals surface area contributed by atoms with Crippen molar-refractivity contribution in [2.75, 3.05) is 6.54 Å². The Labute approximate surface area is 102 Å².